The molecule has 0 radical (unpaired) electrons. The SMILES string of the molecule is COCCOCCCNN1CCCCC1. The molecule has 15 heavy (non-hydrogen) atoms. The summed E-state index contributed by atoms with van der Waals surface area (Å²) in [7, 11) is 1.70. The second-order valence-electron chi connectivity index (χ2n) is 3.91. The van der Waals surface area contributed by atoms with Gasteiger partial charge in [0.1, 0.15) is 0 Å². The molecule has 0 aromatic rings. The maximum Gasteiger partial charge on any atom is 0.0700 e. The summed E-state index contributed by atoms with van der Waals surface area (Å²) in [5, 5.41) is 2.33. The molecule has 1 N–H and O–H groups in total. The lowest BCUT2D eigenvalue weighted by atomic mass is 10.2. The first-order chi connectivity index (χ1) is 7.43. The van der Waals surface area contributed by atoms with Crippen LogP contribution in [0.5, 0.6) is 0 Å². The monoisotopic (exact) mass is 216 g/mol. The summed E-state index contributed by atoms with van der Waals surface area (Å²) < 4.78 is 10.3. The Kier molecular flexibility index (Phi) is 7.83. The third-order valence-corrected chi connectivity index (χ3v) is 2.59. The van der Waals surface area contributed by atoms with Crippen molar-refractivity contribution in [2.75, 3.05) is 46.6 Å². The molecule has 1 aliphatic rings. The van der Waals surface area contributed by atoms with Gasteiger partial charge in [-0.05, 0) is 19.3 Å². The van der Waals surface area contributed by atoms with Gasteiger partial charge in [-0.15, -0.1) is 0 Å². The molecule has 0 saturated carbocycles. The van der Waals surface area contributed by atoms with Crippen molar-refractivity contribution in [3.63, 3.8) is 0 Å². The highest BCUT2D eigenvalue weighted by Gasteiger charge is 2.07. The van der Waals surface area contributed by atoms with E-state index in [-0.39, 0.29) is 0 Å². The summed E-state index contributed by atoms with van der Waals surface area (Å²) in [5.41, 5.74) is 3.43. The lowest BCUT2D eigenvalue weighted by Gasteiger charge is -2.27. The lowest BCUT2D eigenvalue weighted by molar-refractivity contribution is 0.0653. The van der Waals surface area contributed by atoms with Crippen LogP contribution in [-0.2, 0) is 9.47 Å². The molecule has 0 aliphatic carbocycles. The van der Waals surface area contributed by atoms with Gasteiger partial charge in [0.05, 0.1) is 13.2 Å². The molecule has 0 unspecified atom stereocenters. The van der Waals surface area contributed by atoms with Gasteiger partial charge in [-0.3, -0.25) is 5.43 Å². The molecule has 1 aliphatic heterocycles. The van der Waals surface area contributed by atoms with Crippen LogP contribution in [0, 0.1) is 0 Å². The maximum absolute atomic E-state index is 5.38. The fourth-order valence-electron chi connectivity index (χ4n) is 1.71. The van der Waals surface area contributed by atoms with Crippen LogP contribution in [0.4, 0.5) is 0 Å². The van der Waals surface area contributed by atoms with Crippen molar-refractivity contribution in [3.05, 3.63) is 0 Å². The van der Waals surface area contributed by atoms with Crippen LogP contribution in [0.2, 0.25) is 0 Å². The summed E-state index contributed by atoms with van der Waals surface area (Å²) in [6, 6.07) is 0. The van der Waals surface area contributed by atoms with E-state index >= 15 is 0 Å². The molecule has 0 aromatic heterocycles. The number of hydrogen-bond acceptors (Lipinski definition) is 4. The summed E-state index contributed by atoms with van der Waals surface area (Å²) in [5.74, 6) is 0. The molecule has 0 aromatic carbocycles. The molecule has 4 heteroatoms. The lowest BCUT2D eigenvalue weighted by Crippen LogP contribution is -2.42. The molecule has 1 heterocycles. The zero-order valence-electron chi connectivity index (χ0n) is 9.83. The quantitative estimate of drug-likeness (QED) is 0.614. The van der Waals surface area contributed by atoms with Gasteiger partial charge >= 0.3 is 0 Å². The number of nitrogens with one attached hydrogen (secondary N) is 1. The number of rotatable bonds is 8. The molecule has 1 saturated heterocycles. The van der Waals surface area contributed by atoms with Crippen LogP contribution < -0.4 is 5.43 Å². The zero-order chi connectivity index (χ0) is 10.8. The second kappa shape index (κ2) is 9.09. The molecule has 0 amide bonds. The number of hydrazine groups is 1. The van der Waals surface area contributed by atoms with E-state index in [4.69, 9.17) is 9.47 Å². The van der Waals surface area contributed by atoms with Crippen LogP contribution in [0.25, 0.3) is 0 Å². The van der Waals surface area contributed by atoms with Crippen molar-refractivity contribution in [3.8, 4) is 0 Å². The third-order valence-electron chi connectivity index (χ3n) is 2.59. The van der Waals surface area contributed by atoms with Crippen molar-refractivity contribution >= 4 is 0 Å². The summed E-state index contributed by atoms with van der Waals surface area (Å²) >= 11 is 0. The molecular formula is C11H24N2O2. The summed E-state index contributed by atoms with van der Waals surface area (Å²) in [4.78, 5) is 0. The van der Waals surface area contributed by atoms with E-state index in [9.17, 15) is 0 Å². The number of hydrogen-bond donors (Lipinski definition) is 1. The first-order valence-electron chi connectivity index (χ1n) is 5.98. The predicted molar refractivity (Wildman–Crippen MR) is 60.7 cm³/mol. The molecule has 1 rings (SSSR count). The van der Waals surface area contributed by atoms with Crippen LogP contribution in [0.15, 0.2) is 0 Å². The first kappa shape index (κ1) is 12.9. The van der Waals surface area contributed by atoms with Crippen LogP contribution in [-0.4, -0.2) is 51.6 Å². The van der Waals surface area contributed by atoms with Crippen molar-refractivity contribution in [1.82, 2.24) is 10.4 Å². The average Bonchev–Trinajstić information content (AvgIpc) is 2.29. The third kappa shape index (κ3) is 6.84. The van der Waals surface area contributed by atoms with E-state index in [2.05, 4.69) is 10.4 Å². The van der Waals surface area contributed by atoms with Gasteiger partial charge in [0.25, 0.3) is 0 Å². The van der Waals surface area contributed by atoms with Crippen molar-refractivity contribution < 1.29 is 9.47 Å². The minimum atomic E-state index is 0.694. The van der Waals surface area contributed by atoms with Gasteiger partial charge in [0.15, 0.2) is 0 Å². The van der Waals surface area contributed by atoms with Crippen molar-refractivity contribution in [2.24, 2.45) is 0 Å². The Balaban J connectivity index is 1.79. The molecule has 1 fully saturated rings. The number of piperidine rings is 1. The normalized spacial score (nSPS) is 18.2. The highest BCUT2D eigenvalue weighted by molar-refractivity contribution is 4.60. The Morgan fingerprint density at radius 2 is 1.87 bits per heavy atom. The Morgan fingerprint density at radius 1 is 1.07 bits per heavy atom. The Hall–Kier alpha value is -0.160. The van der Waals surface area contributed by atoms with E-state index in [1.54, 1.807) is 7.11 Å². The van der Waals surface area contributed by atoms with E-state index in [1.807, 2.05) is 0 Å². The highest BCUT2D eigenvalue weighted by atomic mass is 16.5. The Labute approximate surface area is 92.9 Å². The standard InChI is InChI=1S/C11H24N2O2/c1-14-10-11-15-9-5-6-12-13-7-3-2-4-8-13/h12H,2-11H2,1H3. The van der Waals surface area contributed by atoms with Gasteiger partial charge < -0.3 is 9.47 Å². The van der Waals surface area contributed by atoms with Gasteiger partial charge in [0, 0.05) is 33.4 Å². The fraction of sp³-hybridized carbons (Fsp3) is 1.00. The van der Waals surface area contributed by atoms with Gasteiger partial charge in [-0.1, -0.05) is 6.42 Å². The van der Waals surface area contributed by atoms with E-state index in [0.717, 1.165) is 19.6 Å². The topological polar surface area (TPSA) is 33.7 Å². The highest BCUT2D eigenvalue weighted by Crippen LogP contribution is 2.05. The van der Waals surface area contributed by atoms with Gasteiger partial charge in [-0.25, -0.2) is 5.01 Å². The van der Waals surface area contributed by atoms with E-state index in [1.165, 1.54) is 32.4 Å². The molecule has 4 nitrogen and oxygen atoms in total. The average molecular weight is 216 g/mol. The predicted octanol–water partition coefficient (Wildman–Crippen LogP) is 1.03. The molecular weight excluding hydrogens is 192 g/mol. The Bertz CT molecular complexity index is 139. The number of methoxy groups -OCH3 is 1. The number of ether oxygens (including phenoxy) is 2. The van der Waals surface area contributed by atoms with Crippen molar-refractivity contribution in [1.29, 1.82) is 0 Å². The summed E-state index contributed by atoms with van der Waals surface area (Å²) in [6.07, 6.45) is 5.12. The minimum absolute atomic E-state index is 0.694. The van der Waals surface area contributed by atoms with E-state index < -0.39 is 0 Å². The smallest absolute Gasteiger partial charge is 0.0700 e. The largest absolute Gasteiger partial charge is 0.382 e. The van der Waals surface area contributed by atoms with Crippen LogP contribution in [0.1, 0.15) is 25.7 Å². The van der Waals surface area contributed by atoms with Crippen LogP contribution >= 0.6 is 0 Å². The van der Waals surface area contributed by atoms with Gasteiger partial charge in [0.2, 0.25) is 0 Å². The Morgan fingerprint density at radius 3 is 2.60 bits per heavy atom. The minimum Gasteiger partial charge on any atom is -0.382 e. The van der Waals surface area contributed by atoms with Crippen molar-refractivity contribution in [2.45, 2.75) is 25.7 Å². The molecule has 90 valence electrons. The first-order valence-corrected chi connectivity index (χ1v) is 5.98. The fourth-order valence-corrected chi connectivity index (χ4v) is 1.71. The van der Waals surface area contributed by atoms with Crippen LogP contribution in [0.3, 0.4) is 0 Å². The molecule has 0 spiro atoms. The summed E-state index contributed by atoms with van der Waals surface area (Å²) in [6.45, 7) is 5.64. The number of nitrogens with zero attached hydrogens (tertiary/aromatic N) is 1. The molecule has 0 bridgehead atoms. The zero-order valence-corrected chi connectivity index (χ0v) is 9.83. The van der Waals surface area contributed by atoms with Gasteiger partial charge in [-0.2, -0.15) is 0 Å². The second-order valence-corrected chi connectivity index (χ2v) is 3.91. The molecule has 0 atom stereocenters. The maximum atomic E-state index is 5.38. The van der Waals surface area contributed by atoms with E-state index in [0.29, 0.717) is 13.2 Å².